The number of β-amino-alcohol motifs (C(OH)–C–C–N with tert-alkyl or cyclic N) is 1. The molecule has 20 heavy (non-hydrogen) atoms. The molecule has 2 N–H and O–H groups in total. The zero-order valence-electron chi connectivity index (χ0n) is 11.3. The molecule has 1 aromatic rings. The van der Waals surface area contributed by atoms with Gasteiger partial charge in [-0.05, 0) is 37.6 Å². The van der Waals surface area contributed by atoms with Crippen molar-refractivity contribution in [1.82, 2.24) is 4.90 Å². The lowest BCUT2D eigenvalue weighted by Crippen LogP contribution is -2.56. The molecule has 0 radical (unpaired) electrons. The minimum Gasteiger partial charge on any atom is -0.484 e. The van der Waals surface area contributed by atoms with Crippen molar-refractivity contribution < 1.29 is 24.1 Å². The second kappa shape index (κ2) is 5.76. The van der Waals surface area contributed by atoms with Gasteiger partial charge in [-0.3, -0.25) is 4.79 Å². The van der Waals surface area contributed by atoms with Crippen molar-refractivity contribution in [3.63, 3.8) is 0 Å². The van der Waals surface area contributed by atoms with Crippen molar-refractivity contribution >= 4 is 5.91 Å². The van der Waals surface area contributed by atoms with Crippen LogP contribution in [0.1, 0.15) is 13.3 Å². The van der Waals surface area contributed by atoms with E-state index in [1.54, 1.807) is 6.92 Å². The van der Waals surface area contributed by atoms with Crippen molar-refractivity contribution in [3.05, 3.63) is 30.1 Å². The molecule has 0 aliphatic carbocycles. The fourth-order valence-electron chi connectivity index (χ4n) is 2.02. The molecule has 1 fully saturated rings. The summed E-state index contributed by atoms with van der Waals surface area (Å²) in [6.07, 6.45) is -0.651. The number of aliphatic hydroxyl groups excluding tert-OH is 1. The zero-order valence-corrected chi connectivity index (χ0v) is 11.3. The molecule has 1 saturated heterocycles. The van der Waals surface area contributed by atoms with E-state index in [1.165, 1.54) is 29.2 Å². The molecule has 1 aliphatic rings. The highest BCUT2D eigenvalue weighted by molar-refractivity contribution is 5.78. The smallest absolute Gasteiger partial charge is 0.260 e. The van der Waals surface area contributed by atoms with Crippen molar-refractivity contribution in [2.75, 3.05) is 19.7 Å². The fourth-order valence-corrected chi connectivity index (χ4v) is 2.02. The van der Waals surface area contributed by atoms with E-state index in [2.05, 4.69) is 0 Å². The first-order valence-electron chi connectivity index (χ1n) is 6.45. The van der Waals surface area contributed by atoms with Crippen LogP contribution in [0.4, 0.5) is 4.39 Å². The molecule has 1 aromatic carbocycles. The van der Waals surface area contributed by atoms with Gasteiger partial charge in [0.1, 0.15) is 11.6 Å². The van der Waals surface area contributed by atoms with Gasteiger partial charge in [0.2, 0.25) is 0 Å². The average Bonchev–Trinajstić information content (AvgIpc) is 2.41. The first kappa shape index (κ1) is 14.7. The quantitative estimate of drug-likeness (QED) is 0.850. The number of nitrogens with zero attached hydrogens (tertiary/aromatic N) is 1. The van der Waals surface area contributed by atoms with Crippen LogP contribution in [-0.2, 0) is 4.79 Å². The maximum absolute atomic E-state index is 12.7. The molecule has 0 spiro atoms. The Kier molecular flexibility index (Phi) is 4.25. The van der Waals surface area contributed by atoms with Gasteiger partial charge in [-0.2, -0.15) is 0 Å². The molecule has 2 atom stereocenters. The molecule has 1 aliphatic heterocycles. The predicted octanol–water partition coefficient (Wildman–Crippen LogP) is 0.549. The molecule has 0 bridgehead atoms. The number of hydrogen-bond donors (Lipinski definition) is 2. The van der Waals surface area contributed by atoms with Crippen LogP contribution in [0.5, 0.6) is 5.75 Å². The van der Waals surface area contributed by atoms with Crippen LogP contribution in [0.3, 0.4) is 0 Å². The minimum atomic E-state index is -1.16. The van der Waals surface area contributed by atoms with Gasteiger partial charge in [0.15, 0.2) is 6.61 Å². The van der Waals surface area contributed by atoms with Crippen molar-refractivity contribution in [2.24, 2.45) is 0 Å². The van der Waals surface area contributed by atoms with Gasteiger partial charge in [0, 0.05) is 13.1 Å². The lowest BCUT2D eigenvalue weighted by atomic mass is 9.91. The molecule has 2 unspecified atom stereocenters. The molecule has 6 heteroatoms. The molecule has 0 saturated carbocycles. The second-order valence-corrected chi connectivity index (χ2v) is 5.21. The second-order valence-electron chi connectivity index (χ2n) is 5.21. The van der Waals surface area contributed by atoms with E-state index in [0.29, 0.717) is 18.7 Å². The summed E-state index contributed by atoms with van der Waals surface area (Å²) in [5, 5.41) is 19.6. The highest BCUT2D eigenvalue weighted by Gasteiger charge is 2.37. The van der Waals surface area contributed by atoms with Gasteiger partial charge in [0.25, 0.3) is 5.91 Å². The molecule has 110 valence electrons. The summed E-state index contributed by atoms with van der Waals surface area (Å²) in [5.41, 5.74) is -1.16. The van der Waals surface area contributed by atoms with Gasteiger partial charge in [-0.1, -0.05) is 0 Å². The van der Waals surface area contributed by atoms with Crippen molar-refractivity contribution in [1.29, 1.82) is 0 Å². The summed E-state index contributed by atoms with van der Waals surface area (Å²) in [6.45, 7) is 1.82. The highest BCUT2D eigenvalue weighted by atomic mass is 19.1. The van der Waals surface area contributed by atoms with E-state index < -0.39 is 11.7 Å². The van der Waals surface area contributed by atoms with E-state index >= 15 is 0 Å². The van der Waals surface area contributed by atoms with E-state index in [-0.39, 0.29) is 24.9 Å². The SMILES string of the molecule is CC1(O)CCN(C(=O)COc2ccc(F)cc2)CC1O. The standard InChI is InChI=1S/C14H18FNO4/c1-14(19)6-7-16(8-12(14)17)13(18)9-20-11-4-2-10(15)3-5-11/h2-5,12,17,19H,6-9H2,1H3. The largest absolute Gasteiger partial charge is 0.484 e. The number of aliphatic hydroxyl groups is 2. The number of amides is 1. The molecule has 2 rings (SSSR count). The van der Waals surface area contributed by atoms with Crippen LogP contribution in [0, 0.1) is 5.82 Å². The van der Waals surface area contributed by atoms with Gasteiger partial charge < -0.3 is 19.8 Å². The third-order valence-corrected chi connectivity index (χ3v) is 3.53. The normalized spacial score (nSPS) is 26.4. The Hall–Kier alpha value is -1.66. The number of benzene rings is 1. The topological polar surface area (TPSA) is 70.0 Å². The molecule has 5 nitrogen and oxygen atoms in total. The summed E-state index contributed by atoms with van der Waals surface area (Å²) in [7, 11) is 0. The van der Waals surface area contributed by atoms with Gasteiger partial charge in [-0.15, -0.1) is 0 Å². The maximum atomic E-state index is 12.7. The highest BCUT2D eigenvalue weighted by Crippen LogP contribution is 2.22. The molecular weight excluding hydrogens is 265 g/mol. The Morgan fingerprint density at radius 1 is 1.50 bits per heavy atom. The lowest BCUT2D eigenvalue weighted by molar-refractivity contribution is -0.148. The summed E-state index contributed by atoms with van der Waals surface area (Å²) >= 11 is 0. The van der Waals surface area contributed by atoms with Crippen LogP contribution >= 0.6 is 0 Å². The van der Waals surface area contributed by atoms with Gasteiger partial charge in [0.05, 0.1) is 11.7 Å². The van der Waals surface area contributed by atoms with Crippen LogP contribution in [0.2, 0.25) is 0 Å². The molecule has 1 heterocycles. The van der Waals surface area contributed by atoms with E-state index in [9.17, 15) is 19.4 Å². The van der Waals surface area contributed by atoms with Crippen LogP contribution in [0.15, 0.2) is 24.3 Å². The number of piperidine rings is 1. The van der Waals surface area contributed by atoms with E-state index in [4.69, 9.17) is 4.74 Å². The van der Waals surface area contributed by atoms with Crippen molar-refractivity contribution in [2.45, 2.75) is 25.0 Å². The number of carbonyl (C=O) groups excluding carboxylic acids is 1. The summed E-state index contributed by atoms with van der Waals surface area (Å²) in [6, 6.07) is 5.39. The van der Waals surface area contributed by atoms with Crippen LogP contribution in [-0.4, -0.2) is 52.4 Å². The Balaban J connectivity index is 1.85. The van der Waals surface area contributed by atoms with Crippen molar-refractivity contribution in [3.8, 4) is 5.75 Å². The predicted molar refractivity (Wildman–Crippen MR) is 69.7 cm³/mol. The monoisotopic (exact) mass is 283 g/mol. The summed E-state index contributed by atoms with van der Waals surface area (Å²) in [5.74, 6) is -0.238. The molecule has 0 aromatic heterocycles. The first-order chi connectivity index (χ1) is 9.38. The van der Waals surface area contributed by atoms with Crippen LogP contribution < -0.4 is 4.74 Å². The number of ether oxygens (including phenoxy) is 1. The Morgan fingerprint density at radius 3 is 2.75 bits per heavy atom. The van der Waals surface area contributed by atoms with E-state index in [0.717, 1.165) is 0 Å². The number of halogens is 1. The third-order valence-electron chi connectivity index (χ3n) is 3.53. The average molecular weight is 283 g/mol. The number of likely N-dealkylation sites (tertiary alicyclic amines) is 1. The number of carbonyl (C=O) groups is 1. The van der Waals surface area contributed by atoms with Gasteiger partial charge >= 0.3 is 0 Å². The maximum Gasteiger partial charge on any atom is 0.260 e. The Labute approximate surface area is 116 Å². The third kappa shape index (κ3) is 3.46. The first-order valence-corrected chi connectivity index (χ1v) is 6.45. The van der Waals surface area contributed by atoms with Gasteiger partial charge in [-0.25, -0.2) is 4.39 Å². The summed E-state index contributed by atoms with van der Waals surface area (Å²) in [4.78, 5) is 13.4. The lowest BCUT2D eigenvalue weighted by Gasteiger charge is -2.39. The molecular formula is C14H18FNO4. The fraction of sp³-hybridized carbons (Fsp3) is 0.500. The Bertz CT molecular complexity index is 475. The summed E-state index contributed by atoms with van der Waals surface area (Å²) < 4.78 is 18.0. The molecule has 1 amide bonds. The van der Waals surface area contributed by atoms with Crippen LogP contribution in [0.25, 0.3) is 0 Å². The minimum absolute atomic E-state index is 0.0820. The number of hydrogen-bond acceptors (Lipinski definition) is 4. The number of rotatable bonds is 3. The van der Waals surface area contributed by atoms with E-state index in [1.807, 2.05) is 0 Å². The Morgan fingerprint density at radius 2 is 2.15 bits per heavy atom. The zero-order chi connectivity index (χ0) is 14.8.